The molecule has 0 radical (unpaired) electrons. The lowest BCUT2D eigenvalue weighted by atomic mass is 10.0. The van der Waals surface area contributed by atoms with Crippen molar-refractivity contribution in [3.8, 4) is 11.5 Å². The number of rotatable bonds is 10. The van der Waals surface area contributed by atoms with Crippen LogP contribution in [0, 0.1) is 12.3 Å². The Balaban J connectivity index is 1.89. The molecule has 36 heavy (non-hydrogen) atoms. The summed E-state index contributed by atoms with van der Waals surface area (Å²) in [4.78, 5) is 32.5. The number of aryl methyl sites for hydroxylation is 1. The quantitative estimate of drug-likeness (QED) is 0.143. The fraction of sp³-hybridized carbons (Fsp3) is 0.280. The summed E-state index contributed by atoms with van der Waals surface area (Å²) in [6.45, 7) is 7.80. The van der Waals surface area contributed by atoms with E-state index in [1.165, 1.54) is 6.33 Å². The number of anilines is 1. The van der Waals surface area contributed by atoms with Crippen molar-refractivity contribution in [3.63, 3.8) is 0 Å². The van der Waals surface area contributed by atoms with E-state index in [0.717, 1.165) is 0 Å². The first-order chi connectivity index (χ1) is 17.2. The highest BCUT2D eigenvalue weighted by molar-refractivity contribution is 5.96. The van der Waals surface area contributed by atoms with Crippen LogP contribution in [-0.4, -0.2) is 40.3 Å². The molecule has 1 unspecified atom stereocenters. The zero-order valence-electron chi connectivity index (χ0n) is 20.6. The van der Waals surface area contributed by atoms with E-state index in [2.05, 4.69) is 26.1 Å². The average molecular weight is 494 g/mol. The minimum Gasteiger partial charge on any atom is -0.490 e. The minimum absolute atomic E-state index is 0.0608. The van der Waals surface area contributed by atoms with Crippen LogP contribution in [-0.2, 0) is 4.79 Å². The molecule has 7 N–H and O–H groups in total. The Morgan fingerprint density at radius 1 is 1.11 bits per heavy atom. The van der Waals surface area contributed by atoms with Gasteiger partial charge >= 0.3 is 0 Å². The number of ether oxygens (including phenoxy) is 2. The zero-order valence-corrected chi connectivity index (χ0v) is 20.6. The van der Waals surface area contributed by atoms with E-state index in [4.69, 9.17) is 20.6 Å². The molecule has 0 aliphatic carbocycles. The number of hydrogen-bond donors (Lipinski definition) is 6. The van der Waals surface area contributed by atoms with Gasteiger partial charge in [0.1, 0.15) is 11.9 Å². The maximum absolute atomic E-state index is 13.3. The molecule has 1 heterocycles. The van der Waals surface area contributed by atoms with E-state index in [1.807, 2.05) is 20.8 Å². The first kappa shape index (κ1) is 26.1. The normalized spacial score (nSPS) is 11.5. The summed E-state index contributed by atoms with van der Waals surface area (Å²) < 4.78 is 11.6. The predicted octanol–water partition coefficient (Wildman–Crippen LogP) is 2.80. The van der Waals surface area contributed by atoms with Gasteiger partial charge in [0.25, 0.3) is 11.8 Å². The molecule has 190 valence electrons. The number of amides is 2. The lowest BCUT2D eigenvalue weighted by Crippen LogP contribution is -2.45. The van der Waals surface area contributed by atoms with Gasteiger partial charge in [-0.3, -0.25) is 25.8 Å². The molecule has 1 atom stereocenters. The second kappa shape index (κ2) is 11.7. The van der Waals surface area contributed by atoms with Crippen molar-refractivity contribution in [3.05, 3.63) is 71.3 Å². The highest BCUT2D eigenvalue weighted by Crippen LogP contribution is 2.32. The summed E-state index contributed by atoms with van der Waals surface area (Å²) in [5.74, 6) is -0.0851. The van der Waals surface area contributed by atoms with E-state index in [1.54, 1.807) is 49.4 Å². The lowest BCUT2D eigenvalue weighted by molar-refractivity contribution is -0.122. The molecule has 1 aromatic heterocycles. The van der Waals surface area contributed by atoms with E-state index in [9.17, 15) is 9.59 Å². The van der Waals surface area contributed by atoms with Crippen LogP contribution in [0.4, 0.5) is 5.69 Å². The number of amidine groups is 1. The summed E-state index contributed by atoms with van der Waals surface area (Å²) in [6, 6.07) is 11.1. The van der Waals surface area contributed by atoms with E-state index in [-0.39, 0.29) is 17.6 Å². The maximum Gasteiger partial charge on any atom is 0.290 e. The molecule has 0 bridgehead atoms. The maximum atomic E-state index is 13.3. The van der Waals surface area contributed by atoms with Gasteiger partial charge in [0.15, 0.2) is 17.2 Å². The molecule has 3 aromatic rings. The number of aromatic nitrogens is 2. The molecule has 0 saturated carbocycles. The monoisotopic (exact) mass is 493 g/mol. The van der Waals surface area contributed by atoms with Gasteiger partial charge in [0.05, 0.1) is 19.0 Å². The second-order valence-corrected chi connectivity index (χ2v) is 8.19. The summed E-state index contributed by atoms with van der Waals surface area (Å²) >= 11 is 0. The van der Waals surface area contributed by atoms with E-state index < -0.39 is 17.9 Å². The number of nitrogen functional groups attached to an aromatic ring is 1. The fourth-order valence-corrected chi connectivity index (χ4v) is 3.37. The number of benzene rings is 2. The first-order valence-electron chi connectivity index (χ1n) is 11.4. The number of H-pyrrole nitrogens is 1. The van der Waals surface area contributed by atoms with Crippen LogP contribution in [0.15, 0.2) is 48.8 Å². The van der Waals surface area contributed by atoms with Crippen molar-refractivity contribution in [1.29, 1.82) is 5.41 Å². The van der Waals surface area contributed by atoms with Crippen molar-refractivity contribution in [2.45, 2.75) is 39.8 Å². The number of hydrogen-bond acceptors (Lipinski definition) is 7. The standard InChI is InChI=1S/C25H31N7O4/c1-5-35-20-12-17(8-11-19(20)36-14(2)3)22(30-18-9-6-16(7-10-18)23(26)27)25(34)32-31-24(33)21-15(4)28-13-29-21/h6-14,22,30H,5H2,1-4H3,(H3,26,27)(H,28,29)(H,31,33)(H,32,34). The number of hydrazine groups is 1. The third kappa shape index (κ3) is 6.53. The Kier molecular flexibility index (Phi) is 8.50. The molecule has 11 nitrogen and oxygen atoms in total. The Hall–Kier alpha value is -4.54. The molecule has 0 spiro atoms. The molecule has 0 fully saturated rings. The Bertz CT molecular complexity index is 1220. The number of carbonyl (C=O) groups excluding carboxylic acids is 2. The van der Waals surface area contributed by atoms with Gasteiger partial charge < -0.3 is 25.5 Å². The molecule has 2 amide bonds. The molecule has 0 aliphatic heterocycles. The van der Waals surface area contributed by atoms with Crippen LogP contribution < -0.4 is 31.4 Å². The number of nitrogens with one attached hydrogen (secondary N) is 5. The SMILES string of the molecule is CCOc1cc(C(Nc2ccc(C(=N)N)cc2)C(=O)NNC(=O)c2nc[nH]c2C)ccc1OC(C)C. The van der Waals surface area contributed by atoms with Crippen LogP contribution in [0.5, 0.6) is 11.5 Å². The summed E-state index contributed by atoms with van der Waals surface area (Å²) in [5, 5.41) is 10.7. The third-order valence-electron chi connectivity index (χ3n) is 5.08. The number of carbonyl (C=O) groups is 2. The van der Waals surface area contributed by atoms with Gasteiger partial charge in [0.2, 0.25) is 0 Å². The van der Waals surface area contributed by atoms with E-state index in [0.29, 0.717) is 40.6 Å². The van der Waals surface area contributed by atoms with E-state index >= 15 is 0 Å². The fourth-order valence-electron chi connectivity index (χ4n) is 3.37. The highest BCUT2D eigenvalue weighted by Gasteiger charge is 2.24. The van der Waals surface area contributed by atoms with Crippen molar-refractivity contribution in [2.75, 3.05) is 11.9 Å². The van der Waals surface area contributed by atoms with Crippen LogP contribution in [0.1, 0.15) is 54.1 Å². The van der Waals surface area contributed by atoms with Crippen molar-refractivity contribution >= 4 is 23.3 Å². The number of imidazole rings is 1. The minimum atomic E-state index is -0.916. The lowest BCUT2D eigenvalue weighted by Gasteiger charge is -2.22. The Labute approximate surface area is 209 Å². The largest absolute Gasteiger partial charge is 0.490 e. The van der Waals surface area contributed by atoms with Crippen LogP contribution >= 0.6 is 0 Å². The molecule has 0 saturated heterocycles. The molecular formula is C25H31N7O4. The topological polar surface area (TPSA) is 167 Å². The van der Waals surface area contributed by atoms with Gasteiger partial charge in [-0.25, -0.2) is 4.98 Å². The number of aromatic amines is 1. The average Bonchev–Trinajstić information content (AvgIpc) is 3.28. The van der Waals surface area contributed by atoms with Crippen molar-refractivity contribution < 1.29 is 19.1 Å². The summed E-state index contributed by atoms with van der Waals surface area (Å²) in [7, 11) is 0. The highest BCUT2D eigenvalue weighted by atomic mass is 16.5. The summed E-state index contributed by atoms with van der Waals surface area (Å²) in [6.07, 6.45) is 1.34. The first-order valence-corrected chi connectivity index (χ1v) is 11.4. The third-order valence-corrected chi connectivity index (χ3v) is 5.08. The van der Waals surface area contributed by atoms with Crippen LogP contribution in [0.25, 0.3) is 0 Å². The molecule has 0 aliphatic rings. The van der Waals surface area contributed by atoms with Gasteiger partial charge in [0, 0.05) is 16.9 Å². The smallest absolute Gasteiger partial charge is 0.290 e. The van der Waals surface area contributed by atoms with Gasteiger partial charge in [-0.15, -0.1) is 0 Å². The molecular weight excluding hydrogens is 462 g/mol. The molecule has 11 heteroatoms. The summed E-state index contributed by atoms with van der Waals surface area (Å²) in [5.41, 5.74) is 12.9. The van der Waals surface area contributed by atoms with Crippen LogP contribution in [0.2, 0.25) is 0 Å². The number of nitrogens with two attached hydrogens (primary N) is 1. The van der Waals surface area contributed by atoms with Crippen molar-refractivity contribution in [2.24, 2.45) is 5.73 Å². The Morgan fingerprint density at radius 2 is 1.83 bits per heavy atom. The van der Waals surface area contributed by atoms with Crippen molar-refractivity contribution in [1.82, 2.24) is 20.8 Å². The molecule has 3 rings (SSSR count). The number of nitrogens with zero attached hydrogens (tertiary/aromatic N) is 1. The van der Waals surface area contributed by atoms with Gasteiger partial charge in [-0.2, -0.15) is 0 Å². The predicted molar refractivity (Wildman–Crippen MR) is 136 cm³/mol. The Morgan fingerprint density at radius 3 is 2.42 bits per heavy atom. The van der Waals surface area contributed by atoms with Gasteiger partial charge in [-0.05, 0) is 69.7 Å². The van der Waals surface area contributed by atoms with Crippen LogP contribution in [0.3, 0.4) is 0 Å². The second-order valence-electron chi connectivity index (χ2n) is 8.19. The van der Waals surface area contributed by atoms with Gasteiger partial charge in [-0.1, -0.05) is 6.07 Å². The zero-order chi connectivity index (χ0) is 26.2. The molecule has 2 aromatic carbocycles.